The summed E-state index contributed by atoms with van der Waals surface area (Å²) in [6, 6.07) is 4.84. The molecule has 0 heterocycles. The third kappa shape index (κ3) is 6.11. The molecule has 0 unspecified atom stereocenters. The largest absolute Gasteiger partial charge is 0.444 e. The maximum absolute atomic E-state index is 12.9. The number of nitrogens with one attached hydrogen (secondary N) is 2. The van der Waals surface area contributed by atoms with Crippen LogP contribution < -0.4 is 10.6 Å². The van der Waals surface area contributed by atoms with Gasteiger partial charge in [-0.3, -0.25) is 4.79 Å². The van der Waals surface area contributed by atoms with E-state index in [9.17, 15) is 14.0 Å². The normalized spacial score (nSPS) is 13.9. The molecule has 0 fully saturated rings. The van der Waals surface area contributed by atoms with E-state index in [-0.39, 0.29) is 17.8 Å². The van der Waals surface area contributed by atoms with Gasteiger partial charge in [0.15, 0.2) is 0 Å². The molecule has 1 rings (SSSR count). The van der Waals surface area contributed by atoms with Crippen molar-refractivity contribution >= 4 is 12.0 Å². The van der Waals surface area contributed by atoms with Gasteiger partial charge >= 0.3 is 6.09 Å². The van der Waals surface area contributed by atoms with Crippen molar-refractivity contribution in [2.45, 2.75) is 52.3 Å². The molecule has 2 N–H and O–H groups in total. The predicted octanol–water partition coefficient (Wildman–Crippen LogP) is 2.92. The van der Waals surface area contributed by atoms with E-state index in [4.69, 9.17) is 4.74 Å². The summed E-state index contributed by atoms with van der Waals surface area (Å²) < 4.78 is 18.0. The van der Waals surface area contributed by atoms with Gasteiger partial charge in [-0.25, -0.2) is 9.18 Å². The molecule has 1 aromatic rings. The number of amides is 2. The first-order valence-corrected chi connectivity index (χ1v) is 7.14. The molecule has 1 aromatic carbocycles. The highest BCUT2D eigenvalue weighted by atomic mass is 19.1. The van der Waals surface area contributed by atoms with Crippen LogP contribution in [0.3, 0.4) is 0 Å². The average molecular weight is 310 g/mol. The Balaban J connectivity index is 2.53. The van der Waals surface area contributed by atoms with Crippen LogP contribution in [0.15, 0.2) is 24.3 Å². The summed E-state index contributed by atoms with van der Waals surface area (Å²) in [6.07, 6.45) is -0.649. The van der Waals surface area contributed by atoms with Crippen LogP contribution in [0.4, 0.5) is 9.18 Å². The van der Waals surface area contributed by atoms with E-state index in [0.717, 1.165) is 5.56 Å². The van der Waals surface area contributed by atoms with Gasteiger partial charge in [-0.05, 0) is 52.3 Å². The van der Waals surface area contributed by atoms with Crippen molar-refractivity contribution in [2.75, 3.05) is 0 Å². The average Bonchev–Trinajstić information content (AvgIpc) is 2.36. The zero-order chi connectivity index (χ0) is 16.9. The van der Waals surface area contributed by atoms with Gasteiger partial charge in [0.25, 0.3) is 0 Å². The summed E-state index contributed by atoms with van der Waals surface area (Å²) in [4.78, 5) is 23.7. The van der Waals surface area contributed by atoms with Crippen LogP contribution in [0.1, 0.15) is 46.2 Å². The molecule has 0 saturated heterocycles. The van der Waals surface area contributed by atoms with Gasteiger partial charge in [0.05, 0.1) is 6.04 Å². The number of carbonyl (C=O) groups is 2. The number of alkyl carbamates (subject to hydrolysis) is 1. The monoisotopic (exact) mass is 310 g/mol. The number of hydrogen-bond donors (Lipinski definition) is 2. The van der Waals surface area contributed by atoms with Gasteiger partial charge in [-0.2, -0.15) is 0 Å². The molecule has 122 valence electrons. The van der Waals surface area contributed by atoms with Gasteiger partial charge in [0.2, 0.25) is 5.91 Å². The van der Waals surface area contributed by atoms with Crippen molar-refractivity contribution in [3.63, 3.8) is 0 Å². The minimum atomic E-state index is -0.738. The lowest BCUT2D eigenvalue weighted by atomic mass is 10.1. The summed E-state index contributed by atoms with van der Waals surface area (Å²) in [5.41, 5.74) is 0.154. The maximum atomic E-state index is 12.9. The second kappa shape index (κ2) is 7.24. The van der Waals surface area contributed by atoms with Crippen molar-refractivity contribution in [1.82, 2.24) is 10.6 Å². The first-order chi connectivity index (χ1) is 10.1. The topological polar surface area (TPSA) is 67.4 Å². The fourth-order valence-corrected chi connectivity index (χ4v) is 1.72. The maximum Gasteiger partial charge on any atom is 0.408 e. The molecular weight excluding hydrogens is 287 g/mol. The van der Waals surface area contributed by atoms with Crippen molar-refractivity contribution in [3.8, 4) is 0 Å². The Hall–Kier alpha value is -2.11. The summed E-state index contributed by atoms with van der Waals surface area (Å²) in [5.74, 6) is -0.676. The van der Waals surface area contributed by atoms with E-state index in [2.05, 4.69) is 10.6 Å². The zero-order valence-corrected chi connectivity index (χ0v) is 13.6. The molecule has 2 atom stereocenters. The van der Waals surface area contributed by atoms with Crippen molar-refractivity contribution in [3.05, 3.63) is 35.6 Å². The zero-order valence-electron chi connectivity index (χ0n) is 13.6. The van der Waals surface area contributed by atoms with Gasteiger partial charge in [-0.15, -0.1) is 0 Å². The number of benzene rings is 1. The van der Waals surface area contributed by atoms with Crippen LogP contribution in [0.25, 0.3) is 0 Å². The van der Waals surface area contributed by atoms with Gasteiger partial charge < -0.3 is 15.4 Å². The molecule has 0 aromatic heterocycles. The number of halogens is 1. The fourth-order valence-electron chi connectivity index (χ4n) is 1.72. The third-order valence-corrected chi connectivity index (χ3v) is 2.86. The number of rotatable bonds is 4. The van der Waals surface area contributed by atoms with Crippen molar-refractivity contribution in [1.29, 1.82) is 0 Å². The Kier molecular flexibility index (Phi) is 5.91. The van der Waals surface area contributed by atoms with Crippen LogP contribution in [-0.2, 0) is 9.53 Å². The lowest BCUT2D eigenvalue weighted by Gasteiger charge is -2.22. The SMILES string of the molecule is C[C@H](NC(=O)[C@@H](C)NC(=O)OC(C)(C)C)c1ccc(F)cc1. The van der Waals surface area contributed by atoms with Gasteiger partial charge in [0, 0.05) is 0 Å². The molecule has 22 heavy (non-hydrogen) atoms. The molecule has 6 heteroatoms. The molecule has 2 amide bonds. The summed E-state index contributed by atoms with van der Waals surface area (Å²) in [7, 11) is 0. The third-order valence-electron chi connectivity index (χ3n) is 2.86. The van der Waals surface area contributed by atoms with E-state index in [0.29, 0.717) is 0 Å². The minimum absolute atomic E-state index is 0.295. The fraction of sp³-hybridized carbons (Fsp3) is 0.500. The molecule has 0 aliphatic carbocycles. The van der Waals surface area contributed by atoms with Gasteiger partial charge in [-0.1, -0.05) is 12.1 Å². The van der Waals surface area contributed by atoms with E-state index in [1.54, 1.807) is 46.8 Å². The van der Waals surface area contributed by atoms with E-state index in [1.807, 2.05) is 0 Å². The van der Waals surface area contributed by atoms with E-state index >= 15 is 0 Å². The Morgan fingerprint density at radius 3 is 2.14 bits per heavy atom. The van der Waals surface area contributed by atoms with E-state index < -0.39 is 17.7 Å². The molecule has 0 saturated carbocycles. The molecule has 0 aliphatic heterocycles. The highest BCUT2D eigenvalue weighted by Crippen LogP contribution is 2.13. The Morgan fingerprint density at radius 1 is 1.09 bits per heavy atom. The Bertz CT molecular complexity index is 523. The number of ether oxygens (including phenoxy) is 1. The molecule has 0 bridgehead atoms. The highest BCUT2D eigenvalue weighted by molar-refractivity contribution is 5.85. The summed E-state index contributed by atoms with van der Waals surface area (Å²) in [5, 5.41) is 5.22. The Labute approximate surface area is 130 Å². The van der Waals surface area contributed by atoms with Crippen LogP contribution in [-0.4, -0.2) is 23.6 Å². The number of carbonyl (C=O) groups excluding carboxylic acids is 2. The smallest absolute Gasteiger partial charge is 0.408 e. The molecule has 0 spiro atoms. The Morgan fingerprint density at radius 2 is 1.64 bits per heavy atom. The molecular formula is C16H23FN2O3. The molecule has 5 nitrogen and oxygen atoms in total. The lowest BCUT2D eigenvalue weighted by molar-refractivity contribution is -0.123. The second-order valence-corrected chi connectivity index (χ2v) is 6.15. The van der Waals surface area contributed by atoms with Crippen molar-refractivity contribution < 1.29 is 18.7 Å². The van der Waals surface area contributed by atoms with Crippen LogP contribution >= 0.6 is 0 Å². The highest BCUT2D eigenvalue weighted by Gasteiger charge is 2.22. The van der Waals surface area contributed by atoms with Crippen LogP contribution in [0, 0.1) is 5.82 Å². The van der Waals surface area contributed by atoms with Crippen LogP contribution in [0.5, 0.6) is 0 Å². The summed E-state index contributed by atoms with van der Waals surface area (Å²) >= 11 is 0. The van der Waals surface area contributed by atoms with Crippen LogP contribution in [0.2, 0.25) is 0 Å². The lowest BCUT2D eigenvalue weighted by Crippen LogP contribution is -2.47. The van der Waals surface area contributed by atoms with E-state index in [1.165, 1.54) is 12.1 Å². The predicted molar refractivity (Wildman–Crippen MR) is 81.8 cm³/mol. The first-order valence-electron chi connectivity index (χ1n) is 7.14. The minimum Gasteiger partial charge on any atom is -0.444 e. The number of hydrogen-bond acceptors (Lipinski definition) is 3. The summed E-state index contributed by atoms with van der Waals surface area (Å²) in [6.45, 7) is 8.58. The molecule has 0 aliphatic rings. The quantitative estimate of drug-likeness (QED) is 0.898. The van der Waals surface area contributed by atoms with Crippen molar-refractivity contribution in [2.24, 2.45) is 0 Å². The standard InChI is InChI=1S/C16H23FN2O3/c1-10(12-6-8-13(17)9-7-12)18-14(20)11(2)19-15(21)22-16(3,4)5/h6-11H,1-5H3,(H,18,20)(H,19,21)/t10-,11+/m0/s1. The first kappa shape index (κ1) is 17.9. The van der Waals surface area contributed by atoms with Gasteiger partial charge in [0.1, 0.15) is 17.5 Å². The second-order valence-electron chi connectivity index (χ2n) is 6.15. The molecule has 0 radical (unpaired) electrons.